The first-order valence-electron chi connectivity index (χ1n) is 8.65. The monoisotopic (exact) mass is 317 g/mol. The maximum Gasteiger partial charge on any atom is 0.0746 e. The van der Waals surface area contributed by atoms with Gasteiger partial charge in [-0.2, -0.15) is 0 Å². The van der Waals surface area contributed by atoms with Crippen molar-refractivity contribution in [2.24, 2.45) is 11.7 Å². The van der Waals surface area contributed by atoms with Gasteiger partial charge in [-0.05, 0) is 29.7 Å². The molecule has 2 aromatic carbocycles. The van der Waals surface area contributed by atoms with Gasteiger partial charge in [0.2, 0.25) is 0 Å². The Bertz CT molecular complexity index is 810. The average molecular weight is 317 g/mol. The van der Waals surface area contributed by atoms with Gasteiger partial charge in [-0.3, -0.25) is 9.88 Å². The minimum absolute atomic E-state index is 0.523. The molecule has 0 amide bonds. The number of hydrogen-bond acceptors (Lipinski definition) is 3. The lowest BCUT2D eigenvalue weighted by Gasteiger charge is -2.17. The molecule has 0 aliphatic carbocycles. The number of nitrogens with two attached hydrogens (primary N) is 1. The van der Waals surface area contributed by atoms with Crippen LogP contribution in [0.25, 0.3) is 10.9 Å². The van der Waals surface area contributed by atoms with Gasteiger partial charge < -0.3 is 5.73 Å². The molecule has 1 aliphatic rings. The molecule has 1 aliphatic heterocycles. The van der Waals surface area contributed by atoms with Crippen LogP contribution in [0, 0.1) is 5.92 Å². The molecular weight excluding hydrogens is 294 g/mol. The molecule has 0 radical (unpaired) electrons. The van der Waals surface area contributed by atoms with Crippen molar-refractivity contribution < 1.29 is 0 Å². The lowest BCUT2D eigenvalue weighted by molar-refractivity contribution is 0.318. The minimum atomic E-state index is 0.523. The summed E-state index contributed by atoms with van der Waals surface area (Å²) in [5, 5.41) is 1.21. The number of likely N-dealkylation sites (tertiary alicyclic amines) is 1. The van der Waals surface area contributed by atoms with Gasteiger partial charge in [-0.15, -0.1) is 0 Å². The third-order valence-electron chi connectivity index (χ3n) is 5.16. The first-order valence-corrected chi connectivity index (χ1v) is 8.65. The Labute approximate surface area is 143 Å². The van der Waals surface area contributed by atoms with Gasteiger partial charge in [0.15, 0.2) is 0 Å². The van der Waals surface area contributed by atoms with Crippen molar-refractivity contribution in [2.75, 3.05) is 19.6 Å². The fourth-order valence-electron chi connectivity index (χ4n) is 3.94. The largest absolute Gasteiger partial charge is 0.330 e. The molecule has 1 saturated heterocycles. The van der Waals surface area contributed by atoms with Crippen LogP contribution in [0.4, 0.5) is 0 Å². The highest BCUT2D eigenvalue weighted by molar-refractivity contribution is 5.81. The second-order valence-electron chi connectivity index (χ2n) is 6.70. The molecule has 2 N–H and O–H groups in total. The van der Waals surface area contributed by atoms with Crippen LogP contribution in [0.1, 0.15) is 17.0 Å². The van der Waals surface area contributed by atoms with Crippen LogP contribution in [0.3, 0.4) is 0 Å². The zero-order valence-corrected chi connectivity index (χ0v) is 13.8. The number of pyridine rings is 1. The predicted molar refractivity (Wildman–Crippen MR) is 98.7 cm³/mol. The fourth-order valence-corrected chi connectivity index (χ4v) is 3.94. The molecule has 0 spiro atoms. The lowest BCUT2D eigenvalue weighted by atomic mass is 9.89. The van der Waals surface area contributed by atoms with E-state index < -0.39 is 0 Å². The fraction of sp³-hybridized carbons (Fsp3) is 0.286. The molecule has 3 heteroatoms. The van der Waals surface area contributed by atoms with Gasteiger partial charge in [0.25, 0.3) is 0 Å². The van der Waals surface area contributed by atoms with Gasteiger partial charge in [0.05, 0.1) is 5.52 Å². The summed E-state index contributed by atoms with van der Waals surface area (Å²) >= 11 is 0. The quantitative estimate of drug-likeness (QED) is 0.802. The van der Waals surface area contributed by atoms with Crippen molar-refractivity contribution in [3.05, 3.63) is 78.0 Å². The van der Waals surface area contributed by atoms with Crippen LogP contribution < -0.4 is 5.73 Å². The van der Waals surface area contributed by atoms with Crippen molar-refractivity contribution in [1.82, 2.24) is 9.88 Å². The van der Waals surface area contributed by atoms with E-state index in [2.05, 4.69) is 64.5 Å². The number of para-hydroxylation sites is 1. The van der Waals surface area contributed by atoms with Gasteiger partial charge in [-0.1, -0.05) is 54.6 Å². The minimum Gasteiger partial charge on any atom is -0.330 e. The van der Waals surface area contributed by atoms with Crippen molar-refractivity contribution in [1.29, 1.82) is 0 Å². The van der Waals surface area contributed by atoms with Crippen LogP contribution in [0.2, 0.25) is 0 Å². The van der Waals surface area contributed by atoms with E-state index in [0.717, 1.165) is 31.7 Å². The second kappa shape index (κ2) is 6.71. The van der Waals surface area contributed by atoms with E-state index in [-0.39, 0.29) is 0 Å². The summed E-state index contributed by atoms with van der Waals surface area (Å²) in [5.41, 5.74) is 9.90. The number of aromatic nitrogens is 1. The zero-order valence-electron chi connectivity index (χ0n) is 13.8. The van der Waals surface area contributed by atoms with Crippen molar-refractivity contribution in [3.8, 4) is 0 Å². The Morgan fingerprint density at radius 2 is 1.79 bits per heavy atom. The van der Waals surface area contributed by atoms with E-state index in [9.17, 15) is 0 Å². The summed E-state index contributed by atoms with van der Waals surface area (Å²) in [7, 11) is 0. The Morgan fingerprint density at radius 3 is 2.62 bits per heavy atom. The highest BCUT2D eigenvalue weighted by atomic mass is 15.2. The normalized spacial score (nSPS) is 21.4. The summed E-state index contributed by atoms with van der Waals surface area (Å²) in [4.78, 5) is 7.11. The number of rotatable bonds is 4. The smallest absolute Gasteiger partial charge is 0.0746 e. The number of nitrogens with zero attached hydrogens (tertiary/aromatic N) is 2. The number of fused-ring (bicyclic) bond motifs is 1. The molecular formula is C21H23N3. The van der Waals surface area contributed by atoms with Gasteiger partial charge in [0, 0.05) is 37.1 Å². The van der Waals surface area contributed by atoms with Crippen LogP contribution in [-0.2, 0) is 6.54 Å². The molecule has 2 heterocycles. The molecule has 4 rings (SSSR count). The van der Waals surface area contributed by atoms with Crippen molar-refractivity contribution in [3.63, 3.8) is 0 Å². The van der Waals surface area contributed by atoms with Gasteiger partial charge in [-0.25, -0.2) is 0 Å². The zero-order chi connectivity index (χ0) is 16.4. The molecule has 24 heavy (non-hydrogen) atoms. The maximum atomic E-state index is 6.07. The molecule has 3 aromatic rings. The molecule has 1 aromatic heterocycles. The standard InChI is InChI=1S/C21H23N3/c22-12-19-14-24(15-20(19)16-6-2-1-3-7-16)13-18-9-4-8-17-10-5-11-23-21(17)18/h1-11,19-20H,12-15,22H2/t19-,20+/m1/s1. The third kappa shape index (κ3) is 2.93. The summed E-state index contributed by atoms with van der Waals surface area (Å²) in [6.07, 6.45) is 1.88. The van der Waals surface area contributed by atoms with E-state index in [1.807, 2.05) is 12.3 Å². The molecule has 0 unspecified atom stereocenters. The Kier molecular flexibility index (Phi) is 4.28. The number of benzene rings is 2. The highest BCUT2D eigenvalue weighted by Gasteiger charge is 2.32. The Balaban J connectivity index is 1.57. The van der Waals surface area contributed by atoms with E-state index in [0.29, 0.717) is 11.8 Å². The first kappa shape index (κ1) is 15.3. The summed E-state index contributed by atoms with van der Waals surface area (Å²) in [6.45, 7) is 3.80. The SMILES string of the molecule is NC[C@@H]1CN(Cc2cccc3cccnc23)C[C@H]1c1ccccc1. The third-order valence-corrected chi connectivity index (χ3v) is 5.16. The van der Waals surface area contributed by atoms with Crippen molar-refractivity contribution in [2.45, 2.75) is 12.5 Å². The summed E-state index contributed by atoms with van der Waals surface area (Å²) in [6, 6.07) is 21.4. The Morgan fingerprint density at radius 1 is 0.958 bits per heavy atom. The predicted octanol–water partition coefficient (Wildman–Crippen LogP) is 3.41. The molecule has 122 valence electrons. The van der Waals surface area contributed by atoms with E-state index in [1.165, 1.54) is 16.5 Å². The van der Waals surface area contributed by atoms with E-state index in [1.54, 1.807) is 0 Å². The molecule has 1 fully saturated rings. The van der Waals surface area contributed by atoms with Gasteiger partial charge >= 0.3 is 0 Å². The summed E-state index contributed by atoms with van der Waals surface area (Å²) < 4.78 is 0. The van der Waals surface area contributed by atoms with Crippen LogP contribution in [0.5, 0.6) is 0 Å². The van der Waals surface area contributed by atoms with E-state index >= 15 is 0 Å². The average Bonchev–Trinajstić information content (AvgIpc) is 3.06. The van der Waals surface area contributed by atoms with Crippen molar-refractivity contribution >= 4 is 10.9 Å². The maximum absolute atomic E-state index is 6.07. The topological polar surface area (TPSA) is 42.1 Å². The second-order valence-corrected chi connectivity index (χ2v) is 6.70. The first-order chi connectivity index (χ1) is 11.8. The van der Waals surface area contributed by atoms with Gasteiger partial charge in [0.1, 0.15) is 0 Å². The molecule has 0 bridgehead atoms. The number of hydrogen-bond donors (Lipinski definition) is 1. The lowest BCUT2D eigenvalue weighted by Crippen LogP contribution is -2.23. The molecule has 0 saturated carbocycles. The van der Waals surface area contributed by atoms with Crippen LogP contribution in [0.15, 0.2) is 66.9 Å². The van der Waals surface area contributed by atoms with Crippen LogP contribution in [-0.4, -0.2) is 29.5 Å². The Hall–Kier alpha value is -2.23. The van der Waals surface area contributed by atoms with Crippen LogP contribution >= 0.6 is 0 Å². The van der Waals surface area contributed by atoms with E-state index in [4.69, 9.17) is 5.73 Å². The summed E-state index contributed by atoms with van der Waals surface area (Å²) in [5.74, 6) is 1.05. The molecule has 2 atom stereocenters. The highest BCUT2D eigenvalue weighted by Crippen LogP contribution is 2.33. The molecule has 3 nitrogen and oxygen atoms in total.